The average molecular weight is 217 g/mol. The minimum atomic E-state index is -0.479. The van der Waals surface area contributed by atoms with Crippen molar-refractivity contribution in [3.05, 3.63) is 0 Å². The molecule has 80 valence electrons. The van der Waals surface area contributed by atoms with Crippen molar-refractivity contribution in [3.63, 3.8) is 0 Å². The molecule has 5 heteroatoms. The maximum Gasteiger partial charge on any atom is 0.326 e. The van der Waals surface area contributed by atoms with Crippen LogP contribution in [0.4, 0.5) is 0 Å². The number of esters is 1. The third kappa shape index (κ3) is 3.57. The Kier molecular flexibility index (Phi) is 3.42. The molecule has 1 fully saturated rings. The van der Waals surface area contributed by atoms with E-state index in [-0.39, 0.29) is 18.4 Å². The summed E-state index contributed by atoms with van der Waals surface area (Å²) in [6.07, 6.45) is 0. The van der Waals surface area contributed by atoms with Crippen LogP contribution in [0, 0.1) is 0 Å². The van der Waals surface area contributed by atoms with Gasteiger partial charge in [0.25, 0.3) is 0 Å². The lowest BCUT2D eigenvalue weighted by Crippen LogP contribution is -2.35. The summed E-state index contributed by atoms with van der Waals surface area (Å²) in [5.74, 6) is 0.746. The first-order chi connectivity index (χ1) is 6.38. The Morgan fingerprint density at radius 3 is 2.64 bits per heavy atom. The number of hydrogen-bond donors (Lipinski definition) is 0. The zero-order valence-corrected chi connectivity index (χ0v) is 9.52. The van der Waals surface area contributed by atoms with Crippen LogP contribution in [-0.2, 0) is 14.3 Å². The predicted octanol–water partition coefficient (Wildman–Crippen LogP) is 0.861. The van der Waals surface area contributed by atoms with E-state index in [1.54, 1.807) is 0 Å². The van der Waals surface area contributed by atoms with E-state index in [0.29, 0.717) is 11.6 Å². The molecule has 0 aromatic heterocycles. The number of ether oxygens (including phenoxy) is 1. The Balaban J connectivity index is 2.37. The quantitative estimate of drug-likeness (QED) is 0.644. The van der Waals surface area contributed by atoms with Crippen molar-refractivity contribution in [2.75, 3.05) is 18.2 Å². The van der Waals surface area contributed by atoms with Gasteiger partial charge in [-0.1, -0.05) is 0 Å². The van der Waals surface area contributed by atoms with E-state index in [0.717, 1.165) is 0 Å². The van der Waals surface area contributed by atoms with Gasteiger partial charge in [0.1, 0.15) is 12.1 Å². The highest BCUT2D eigenvalue weighted by molar-refractivity contribution is 8.00. The highest BCUT2D eigenvalue weighted by Crippen LogP contribution is 2.15. The lowest BCUT2D eigenvalue weighted by atomic mass is 10.2. The number of amides is 1. The van der Waals surface area contributed by atoms with E-state index in [1.165, 1.54) is 16.7 Å². The molecule has 1 rings (SSSR count). The first kappa shape index (κ1) is 11.4. The van der Waals surface area contributed by atoms with Gasteiger partial charge in [0.15, 0.2) is 0 Å². The van der Waals surface area contributed by atoms with Crippen LogP contribution >= 0.6 is 11.8 Å². The smallest absolute Gasteiger partial charge is 0.326 e. The molecular weight excluding hydrogens is 202 g/mol. The summed E-state index contributed by atoms with van der Waals surface area (Å²) in [5, 5.41) is 0. The molecule has 1 saturated heterocycles. The molecule has 1 aliphatic rings. The van der Waals surface area contributed by atoms with Crippen LogP contribution < -0.4 is 0 Å². The minimum absolute atomic E-state index is 0.0147. The summed E-state index contributed by atoms with van der Waals surface area (Å²) in [6.45, 7) is 5.51. The van der Waals surface area contributed by atoms with Gasteiger partial charge in [0.2, 0.25) is 5.91 Å². The topological polar surface area (TPSA) is 46.6 Å². The van der Waals surface area contributed by atoms with Gasteiger partial charge < -0.3 is 9.64 Å². The molecule has 0 atom stereocenters. The third-order valence-corrected chi connectivity index (χ3v) is 2.51. The molecule has 0 N–H and O–H groups in total. The van der Waals surface area contributed by atoms with Gasteiger partial charge in [-0.25, -0.2) is 0 Å². The Hall–Kier alpha value is -0.710. The molecule has 0 saturated carbocycles. The van der Waals surface area contributed by atoms with Crippen molar-refractivity contribution in [2.45, 2.75) is 26.4 Å². The van der Waals surface area contributed by atoms with Crippen LogP contribution in [0.1, 0.15) is 20.8 Å². The largest absolute Gasteiger partial charge is 0.459 e. The minimum Gasteiger partial charge on any atom is -0.459 e. The number of carbonyl (C=O) groups excluding carboxylic acids is 2. The molecule has 14 heavy (non-hydrogen) atoms. The molecule has 0 radical (unpaired) electrons. The highest BCUT2D eigenvalue weighted by atomic mass is 32.2. The molecule has 1 heterocycles. The Morgan fingerprint density at radius 2 is 2.21 bits per heavy atom. The maximum atomic E-state index is 11.3. The summed E-state index contributed by atoms with van der Waals surface area (Å²) in [4.78, 5) is 24.0. The Morgan fingerprint density at radius 1 is 1.57 bits per heavy atom. The average Bonchev–Trinajstić information content (AvgIpc) is 2.32. The second-order valence-electron chi connectivity index (χ2n) is 4.16. The van der Waals surface area contributed by atoms with Crippen molar-refractivity contribution < 1.29 is 14.3 Å². The fraction of sp³-hybridized carbons (Fsp3) is 0.778. The summed E-state index contributed by atoms with van der Waals surface area (Å²) in [5.41, 5.74) is -0.479. The van der Waals surface area contributed by atoms with Crippen LogP contribution in [0.25, 0.3) is 0 Å². The van der Waals surface area contributed by atoms with Gasteiger partial charge >= 0.3 is 5.97 Å². The number of nitrogens with zero attached hydrogens (tertiary/aromatic N) is 1. The van der Waals surface area contributed by atoms with E-state index < -0.39 is 5.60 Å². The lowest BCUT2D eigenvalue weighted by Gasteiger charge is -2.21. The molecule has 0 aromatic carbocycles. The first-order valence-corrected chi connectivity index (χ1v) is 5.61. The lowest BCUT2D eigenvalue weighted by molar-refractivity contribution is -0.157. The third-order valence-electron chi connectivity index (χ3n) is 1.57. The van der Waals surface area contributed by atoms with E-state index >= 15 is 0 Å². The van der Waals surface area contributed by atoms with Gasteiger partial charge in [0.05, 0.1) is 11.6 Å². The zero-order chi connectivity index (χ0) is 10.8. The van der Waals surface area contributed by atoms with Crippen LogP contribution in [0.3, 0.4) is 0 Å². The molecule has 0 unspecified atom stereocenters. The summed E-state index contributed by atoms with van der Waals surface area (Å²) < 4.78 is 5.11. The van der Waals surface area contributed by atoms with Crippen LogP contribution in [0.5, 0.6) is 0 Å². The summed E-state index contributed by atoms with van der Waals surface area (Å²) >= 11 is 1.52. The highest BCUT2D eigenvalue weighted by Gasteiger charge is 2.25. The molecule has 0 aromatic rings. The SMILES string of the molecule is CC(C)(C)OC(=O)CN1CSCC1=O. The van der Waals surface area contributed by atoms with Gasteiger partial charge in [-0.15, -0.1) is 11.8 Å². The molecule has 1 amide bonds. The fourth-order valence-corrected chi connectivity index (χ4v) is 1.97. The number of rotatable bonds is 2. The first-order valence-electron chi connectivity index (χ1n) is 4.46. The molecular formula is C9H15NO3S. The van der Waals surface area contributed by atoms with Gasteiger partial charge in [-0.05, 0) is 20.8 Å². The van der Waals surface area contributed by atoms with E-state index in [4.69, 9.17) is 4.74 Å². The predicted molar refractivity (Wildman–Crippen MR) is 54.9 cm³/mol. The van der Waals surface area contributed by atoms with Crippen molar-refractivity contribution in [1.82, 2.24) is 4.90 Å². The van der Waals surface area contributed by atoms with E-state index in [9.17, 15) is 9.59 Å². The van der Waals surface area contributed by atoms with Crippen molar-refractivity contribution in [2.24, 2.45) is 0 Å². The molecule has 0 aliphatic carbocycles. The van der Waals surface area contributed by atoms with Gasteiger partial charge in [0, 0.05) is 0 Å². The monoisotopic (exact) mass is 217 g/mol. The fourth-order valence-electron chi connectivity index (χ4n) is 1.07. The summed E-state index contributed by atoms with van der Waals surface area (Å²) in [7, 11) is 0. The van der Waals surface area contributed by atoms with Crippen molar-refractivity contribution in [3.8, 4) is 0 Å². The second-order valence-corrected chi connectivity index (χ2v) is 5.11. The number of thioether (sulfide) groups is 1. The van der Waals surface area contributed by atoms with Crippen LogP contribution in [0.2, 0.25) is 0 Å². The number of hydrogen-bond acceptors (Lipinski definition) is 4. The van der Waals surface area contributed by atoms with Crippen molar-refractivity contribution >= 4 is 23.6 Å². The van der Waals surface area contributed by atoms with E-state index in [1.807, 2.05) is 20.8 Å². The molecule has 0 bridgehead atoms. The Labute approximate surface area is 88.0 Å². The Bertz CT molecular complexity index is 247. The molecule has 1 aliphatic heterocycles. The number of carbonyl (C=O) groups is 2. The van der Waals surface area contributed by atoms with Crippen LogP contribution in [-0.4, -0.2) is 40.6 Å². The zero-order valence-electron chi connectivity index (χ0n) is 8.70. The van der Waals surface area contributed by atoms with Gasteiger partial charge in [-0.3, -0.25) is 9.59 Å². The van der Waals surface area contributed by atoms with Gasteiger partial charge in [-0.2, -0.15) is 0 Å². The summed E-state index contributed by atoms with van der Waals surface area (Å²) in [6, 6.07) is 0. The normalized spacial score (nSPS) is 17.4. The molecule has 0 spiro atoms. The standard InChI is InChI=1S/C9H15NO3S/c1-9(2,3)13-8(12)4-10-6-14-5-7(10)11/h4-6H2,1-3H3. The van der Waals surface area contributed by atoms with Crippen molar-refractivity contribution in [1.29, 1.82) is 0 Å². The van der Waals surface area contributed by atoms with E-state index in [2.05, 4.69) is 0 Å². The molecule has 4 nitrogen and oxygen atoms in total. The van der Waals surface area contributed by atoms with Crippen LogP contribution in [0.15, 0.2) is 0 Å². The second kappa shape index (κ2) is 4.21. The maximum absolute atomic E-state index is 11.3.